The molecule has 0 saturated heterocycles. The minimum Gasteiger partial charge on any atom is -0.473 e. The molecule has 0 amide bonds. The van der Waals surface area contributed by atoms with Gasteiger partial charge < -0.3 is 9.29 Å². The molecule has 0 fully saturated rings. The molecule has 2 N–H and O–H groups in total. The van der Waals surface area contributed by atoms with E-state index in [0.717, 1.165) is 0 Å². The average Bonchev–Trinajstić information content (AvgIpc) is 2.25. The van der Waals surface area contributed by atoms with Crippen molar-refractivity contribution >= 4 is 17.0 Å². The molecule has 0 aliphatic heterocycles. The molecular weight excluding hydrogens is 214 g/mol. The number of benzene rings is 1. The summed E-state index contributed by atoms with van der Waals surface area (Å²) in [4.78, 5) is 0.173. The van der Waals surface area contributed by atoms with E-state index < -0.39 is 11.1 Å². The van der Waals surface area contributed by atoms with Crippen LogP contribution >= 0.6 is 0 Å². The first-order chi connectivity index (χ1) is 7.16. The van der Waals surface area contributed by atoms with Crippen LogP contribution in [0.5, 0.6) is 0 Å². The molecule has 0 bridgehead atoms. The van der Waals surface area contributed by atoms with Crippen molar-refractivity contribution in [1.29, 1.82) is 5.41 Å². The minimum absolute atomic E-state index is 0.132. The highest BCUT2D eigenvalue weighted by atomic mass is 32.2. The molecule has 5 heteroatoms. The van der Waals surface area contributed by atoms with Gasteiger partial charge >= 0.3 is 0 Å². The Bertz CT molecular complexity index is 403. The van der Waals surface area contributed by atoms with Crippen molar-refractivity contribution in [2.45, 2.75) is 4.90 Å². The summed E-state index contributed by atoms with van der Waals surface area (Å²) >= 11 is -2.11. The Morgan fingerprint density at radius 3 is 2.87 bits per heavy atom. The first kappa shape index (κ1) is 11.6. The Kier molecular flexibility index (Phi) is 4.20. The third-order valence-corrected chi connectivity index (χ3v) is 2.40. The van der Waals surface area contributed by atoms with Crippen LogP contribution in [0.4, 0.5) is 0 Å². The standard InChI is InChI=1S/C10H11NO3S/c1-2-7-14-10(11)8-5-3-4-6-9(8)15(12)13/h2-6,11H,1,7H2,(H,12,13). The summed E-state index contributed by atoms with van der Waals surface area (Å²) in [5.41, 5.74) is 0.320. The zero-order valence-corrected chi connectivity index (χ0v) is 8.79. The molecule has 0 aliphatic rings. The zero-order chi connectivity index (χ0) is 11.3. The summed E-state index contributed by atoms with van der Waals surface area (Å²) in [6.45, 7) is 3.65. The van der Waals surface area contributed by atoms with Crippen LogP contribution in [-0.4, -0.2) is 21.3 Å². The molecular formula is C10H11NO3S. The highest BCUT2D eigenvalue weighted by molar-refractivity contribution is 7.79. The molecule has 0 spiro atoms. The molecule has 0 saturated carbocycles. The average molecular weight is 225 g/mol. The number of hydrogen-bond acceptors (Lipinski definition) is 3. The number of hydrogen-bond donors (Lipinski definition) is 2. The summed E-state index contributed by atoms with van der Waals surface area (Å²) < 4.78 is 24.9. The van der Waals surface area contributed by atoms with Crippen LogP contribution in [0.2, 0.25) is 0 Å². The van der Waals surface area contributed by atoms with Crippen molar-refractivity contribution in [2.75, 3.05) is 6.61 Å². The van der Waals surface area contributed by atoms with Gasteiger partial charge in [-0.2, -0.15) is 0 Å². The quantitative estimate of drug-likeness (QED) is 0.355. The summed E-state index contributed by atoms with van der Waals surface area (Å²) in [6, 6.07) is 6.36. The fourth-order valence-corrected chi connectivity index (χ4v) is 1.57. The Balaban J connectivity index is 2.97. The van der Waals surface area contributed by atoms with Crippen LogP contribution in [0, 0.1) is 5.41 Å². The maximum absolute atomic E-state index is 10.9. The van der Waals surface area contributed by atoms with E-state index in [0.29, 0.717) is 5.56 Å². The van der Waals surface area contributed by atoms with Crippen LogP contribution in [-0.2, 0) is 15.8 Å². The van der Waals surface area contributed by atoms with Crippen molar-refractivity contribution in [2.24, 2.45) is 0 Å². The lowest BCUT2D eigenvalue weighted by molar-refractivity contribution is 0.348. The predicted octanol–water partition coefficient (Wildman–Crippen LogP) is 1.80. The van der Waals surface area contributed by atoms with Gasteiger partial charge in [-0.15, -0.1) is 0 Å². The maximum Gasteiger partial charge on any atom is 0.214 e. The molecule has 1 rings (SSSR count). The van der Waals surface area contributed by atoms with E-state index in [-0.39, 0.29) is 17.4 Å². The first-order valence-electron chi connectivity index (χ1n) is 4.19. The normalized spacial score (nSPS) is 11.8. The predicted molar refractivity (Wildman–Crippen MR) is 58.5 cm³/mol. The molecule has 1 aromatic rings. The van der Waals surface area contributed by atoms with Gasteiger partial charge in [0.25, 0.3) is 0 Å². The van der Waals surface area contributed by atoms with E-state index in [1.807, 2.05) is 0 Å². The van der Waals surface area contributed by atoms with Gasteiger partial charge in [0, 0.05) is 0 Å². The van der Waals surface area contributed by atoms with Gasteiger partial charge in [-0.1, -0.05) is 24.8 Å². The van der Waals surface area contributed by atoms with E-state index in [1.165, 1.54) is 12.1 Å². The molecule has 0 radical (unpaired) electrons. The van der Waals surface area contributed by atoms with Gasteiger partial charge in [0.15, 0.2) is 11.1 Å². The lowest BCUT2D eigenvalue weighted by Gasteiger charge is -2.07. The van der Waals surface area contributed by atoms with Gasteiger partial charge in [-0.3, -0.25) is 5.41 Å². The van der Waals surface area contributed by atoms with Crippen LogP contribution in [0.3, 0.4) is 0 Å². The third kappa shape index (κ3) is 3.00. The number of ether oxygens (including phenoxy) is 1. The monoisotopic (exact) mass is 225 g/mol. The molecule has 1 atom stereocenters. The second kappa shape index (κ2) is 5.43. The molecule has 1 aromatic carbocycles. The third-order valence-electron chi connectivity index (χ3n) is 1.67. The number of nitrogens with one attached hydrogen (secondary N) is 1. The fraction of sp³-hybridized carbons (Fsp3) is 0.100. The Hall–Kier alpha value is -1.46. The van der Waals surface area contributed by atoms with Crippen LogP contribution < -0.4 is 0 Å². The molecule has 15 heavy (non-hydrogen) atoms. The summed E-state index contributed by atoms with van der Waals surface area (Å²) in [5, 5.41) is 7.55. The number of rotatable bonds is 4. The highest BCUT2D eigenvalue weighted by Gasteiger charge is 2.11. The zero-order valence-electron chi connectivity index (χ0n) is 7.97. The maximum atomic E-state index is 10.9. The van der Waals surface area contributed by atoms with E-state index in [1.54, 1.807) is 18.2 Å². The first-order valence-corrected chi connectivity index (χ1v) is 5.30. The van der Waals surface area contributed by atoms with Crippen LogP contribution in [0.15, 0.2) is 41.8 Å². The molecule has 1 unspecified atom stereocenters. The van der Waals surface area contributed by atoms with Gasteiger partial charge in [0.05, 0.1) is 10.5 Å². The molecule has 80 valence electrons. The van der Waals surface area contributed by atoms with Crippen LogP contribution in [0.1, 0.15) is 5.56 Å². The van der Waals surface area contributed by atoms with E-state index in [2.05, 4.69) is 6.58 Å². The Morgan fingerprint density at radius 2 is 2.27 bits per heavy atom. The van der Waals surface area contributed by atoms with Gasteiger partial charge in [-0.25, -0.2) is 4.21 Å². The van der Waals surface area contributed by atoms with Crippen molar-refractivity contribution in [3.63, 3.8) is 0 Å². The van der Waals surface area contributed by atoms with Crippen LogP contribution in [0.25, 0.3) is 0 Å². The van der Waals surface area contributed by atoms with Crippen molar-refractivity contribution < 1.29 is 13.5 Å². The summed E-state index contributed by atoms with van der Waals surface area (Å²) in [6.07, 6.45) is 1.51. The molecule has 0 aromatic heterocycles. The van der Waals surface area contributed by atoms with Crippen molar-refractivity contribution in [3.8, 4) is 0 Å². The topological polar surface area (TPSA) is 70.4 Å². The van der Waals surface area contributed by atoms with Gasteiger partial charge in [0.1, 0.15) is 6.61 Å². The summed E-state index contributed by atoms with van der Waals surface area (Å²) in [5.74, 6) is -0.132. The lowest BCUT2D eigenvalue weighted by Crippen LogP contribution is -2.09. The van der Waals surface area contributed by atoms with E-state index in [9.17, 15) is 4.21 Å². The second-order valence-electron chi connectivity index (χ2n) is 2.67. The van der Waals surface area contributed by atoms with E-state index in [4.69, 9.17) is 14.7 Å². The Labute approximate surface area is 90.4 Å². The van der Waals surface area contributed by atoms with E-state index >= 15 is 0 Å². The minimum atomic E-state index is -2.11. The highest BCUT2D eigenvalue weighted by Crippen LogP contribution is 2.13. The fourth-order valence-electron chi connectivity index (χ4n) is 1.03. The van der Waals surface area contributed by atoms with Gasteiger partial charge in [-0.05, 0) is 12.1 Å². The lowest BCUT2D eigenvalue weighted by atomic mass is 10.2. The smallest absolute Gasteiger partial charge is 0.214 e. The largest absolute Gasteiger partial charge is 0.473 e. The summed E-state index contributed by atoms with van der Waals surface area (Å²) in [7, 11) is 0. The molecule has 0 heterocycles. The second-order valence-corrected chi connectivity index (χ2v) is 3.61. The molecule has 4 nitrogen and oxygen atoms in total. The van der Waals surface area contributed by atoms with Gasteiger partial charge in [0.2, 0.25) is 5.90 Å². The Morgan fingerprint density at radius 1 is 1.60 bits per heavy atom. The van der Waals surface area contributed by atoms with Crippen molar-refractivity contribution in [1.82, 2.24) is 0 Å². The van der Waals surface area contributed by atoms with Crippen molar-refractivity contribution in [3.05, 3.63) is 42.5 Å². The molecule has 0 aliphatic carbocycles. The SMILES string of the molecule is C=CCOC(=N)c1ccccc1S(=O)O.